The quantitative estimate of drug-likeness (QED) is 0.562. The summed E-state index contributed by atoms with van der Waals surface area (Å²) in [5.74, 6) is 1.06. The van der Waals surface area contributed by atoms with Gasteiger partial charge in [-0.25, -0.2) is 0 Å². The Balaban J connectivity index is 2.65. The number of rotatable bonds is 1. The summed E-state index contributed by atoms with van der Waals surface area (Å²) < 4.78 is 7.23. The molecule has 0 amide bonds. The first kappa shape index (κ1) is 8.31. The van der Waals surface area contributed by atoms with E-state index in [9.17, 15) is 0 Å². The molecule has 1 heterocycles. The molecule has 11 heavy (non-hydrogen) atoms. The Bertz CT molecular complexity index is 232. The minimum absolute atomic E-state index is 0.310. The second-order valence-corrected chi connectivity index (χ2v) is 4.22. The maximum Gasteiger partial charge on any atom is 0.334 e. The van der Waals surface area contributed by atoms with Crippen LogP contribution in [0.5, 0.6) is 0 Å². The van der Waals surface area contributed by atoms with Gasteiger partial charge in [-0.1, -0.05) is 20.8 Å². The van der Waals surface area contributed by atoms with Crippen LogP contribution in [0.15, 0.2) is 17.0 Å². The summed E-state index contributed by atoms with van der Waals surface area (Å²) in [5.41, 5.74) is 0.310. The van der Waals surface area contributed by atoms with Crippen molar-refractivity contribution in [3.05, 3.63) is 18.4 Å². The first-order valence-electron chi connectivity index (χ1n) is 3.90. The van der Waals surface area contributed by atoms with Gasteiger partial charge < -0.3 is 4.42 Å². The van der Waals surface area contributed by atoms with E-state index in [1.807, 2.05) is 17.8 Å². The largest absolute Gasteiger partial charge is 0.409 e. The van der Waals surface area contributed by atoms with Crippen molar-refractivity contribution < 1.29 is 8.98 Å². The number of aromatic nitrogens is 1. The van der Waals surface area contributed by atoms with E-state index >= 15 is 0 Å². The molecule has 1 rings (SSSR count). The summed E-state index contributed by atoms with van der Waals surface area (Å²) in [4.78, 5) is 0. The van der Waals surface area contributed by atoms with E-state index in [1.54, 1.807) is 6.39 Å². The Kier molecular flexibility index (Phi) is 2.03. The highest BCUT2D eigenvalue weighted by atomic mass is 16.3. The van der Waals surface area contributed by atoms with E-state index in [2.05, 4.69) is 20.8 Å². The Hall–Kier alpha value is -0.790. The third-order valence-electron chi connectivity index (χ3n) is 1.42. The lowest BCUT2D eigenvalue weighted by Crippen LogP contribution is -2.23. The van der Waals surface area contributed by atoms with Crippen LogP contribution in [0.2, 0.25) is 0 Å². The average molecular weight is 154 g/mol. The Morgan fingerprint density at radius 2 is 2.09 bits per heavy atom. The lowest BCUT2D eigenvalue weighted by Gasteiger charge is -2.14. The van der Waals surface area contributed by atoms with Gasteiger partial charge in [-0.3, -0.25) is 0 Å². The van der Waals surface area contributed by atoms with Crippen molar-refractivity contribution in [1.82, 2.24) is 0 Å². The molecule has 0 atom stereocenters. The number of hydrogen-bond donors (Lipinski definition) is 0. The molecule has 0 radical (unpaired) electrons. The molecule has 0 unspecified atom stereocenters. The highest BCUT2D eigenvalue weighted by Crippen LogP contribution is 2.19. The van der Waals surface area contributed by atoms with E-state index < -0.39 is 0 Å². The van der Waals surface area contributed by atoms with E-state index in [4.69, 9.17) is 4.42 Å². The lowest BCUT2D eigenvalue weighted by atomic mass is 9.91. The number of aryl methyl sites for hydroxylation is 1. The Morgan fingerprint density at radius 3 is 2.45 bits per heavy atom. The predicted molar refractivity (Wildman–Crippen MR) is 43.0 cm³/mol. The number of hydrogen-bond acceptors (Lipinski definition) is 1. The molecule has 0 saturated carbocycles. The molecule has 0 aliphatic heterocycles. The van der Waals surface area contributed by atoms with Crippen LogP contribution in [0.4, 0.5) is 0 Å². The number of nitrogens with zero attached hydrogens (tertiary/aromatic N) is 1. The zero-order valence-corrected chi connectivity index (χ0v) is 7.72. The van der Waals surface area contributed by atoms with Crippen LogP contribution in [0.25, 0.3) is 0 Å². The van der Waals surface area contributed by atoms with Crippen molar-refractivity contribution >= 4 is 0 Å². The zero-order valence-electron chi connectivity index (χ0n) is 7.72. The van der Waals surface area contributed by atoms with Gasteiger partial charge in [0, 0.05) is 6.42 Å². The topological polar surface area (TPSA) is 17.0 Å². The van der Waals surface area contributed by atoms with Gasteiger partial charge in [-0.05, 0) is 5.41 Å². The molecule has 62 valence electrons. The average Bonchev–Trinajstić information content (AvgIpc) is 2.10. The van der Waals surface area contributed by atoms with E-state index in [0.29, 0.717) is 5.41 Å². The molecule has 0 saturated heterocycles. The molecule has 0 fully saturated rings. The maximum atomic E-state index is 5.30. The molecule has 0 bridgehead atoms. The molecule has 1 aromatic rings. The van der Waals surface area contributed by atoms with Gasteiger partial charge in [0.1, 0.15) is 7.05 Å². The van der Waals surface area contributed by atoms with Crippen molar-refractivity contribution in [3.63, 3.8) is 0 Å². The standard InChI is InChI=1S/C9H16NO/c1-9(2,3)5-8-6-10(4)7-11-8/h6-7H,5H2,1-4H3/q+1. The third kappa shape index (κ3) is 2.74. The summed E-state index contributed by atoms with van der Waals surface area (Å²) in [6.07, 6.45) is 4.74. The Morgan fingerprint density at radius 1 is 1.45 bits per heavy atom. The zero-order chi connectivity index (χ0) is 8.48. The Labute approximate surface area is 67.8 Å². The van der Waals surface area contributed by atoms with Crippen LogP contribution in [0, 0.1) is 5.41 Å². The second-order valence-electron chi connectivity index (χ2n) is 4.22. The highest BCUT2D eigenvalue weighted by Gasteiger charge is 2.15. The first-order chi connectivity index (χ1) is 4.97. The van der Waals surface area contributed by atoms with E-state index in [-0.39, 0.29) is 0 Å². The van der Waals surface area contributed by atoms with Crippen LogP contribution in [0.1, 0.15) is 26.5 Å². The molecule has 0 aromatic carbocycles. The third-order valence-corrected chi connectivity index (χ3v) is 1.42. The van der Waals surface area contributed by atoms with Gasteiger partial charge >= 0.3 is 6.39 Å². The van der Waals surface area contributed by atoms with Gasteiger partial charge in [-0.15, -0.1) is 0 Å². The first-order valence-corrected chi connectivity index (χ1v) is 3.90. The molecular weight excluding hydrogens is 138 g/mol. The normalized spacial score (nSPS) is 12.0. The van der Waals surface area contributed by atoms with Crippen LogP contribution in [-0.4, -0.2) is 0 Å². The molecule has 0 spiro atoms. The summed E-state index contributed by atoms with van der Waals surface area (Å²) in [6, 6.07) is 0. The molecule has 2 nitrogen and oxygen atoms in total. The molecule has 0 aliphatic carbocycles. The van der Waals surface area contributed by atoms with Gasteiger partial charge in [0.15, 0.2) is 5.76 Å². The fourth-order valence-corrected chi connectivity index (χ4v) is 1.05. The van der Waals surface area contributed by atoms with Crippen LogP contribution >= 0.6 is 0 Å². The van der Waals surface area contributed by atoms with Crippen LogP contribution in [0.3, 0.4) is 0 Å². The molecular formula is C9H16NO+. The summed E-state index contributed by atoms with van der Waals surface area (Å²) >= 11 is 0. The summed E-state index contributed by atoms with van der Waals surface area (Å²) in [5, 5.41) is 0. The lowest BCUT2D eigenvalue weighted by molar-refractivity contribution is -0.674. The van der Waals surface area contributed by atoms with Crippen LogP contribution in [-0.2, 0) is 13.5 Å². The summed E-state index contributed by atoms with van der Waals surface area (Å²) in [7, 11) is 1.97. The monoisotopic (exact) mass is 154 g/mol. The number of oxazole rings is 1. The molecule has 2 heteroatoms. The molecule has 0 N–H and O–H groups in total. The van der Waals surface area contributed by atoms with Crippen molar-refractivity contribution in [2.24, 2.45) is 12.5 Å². The predicted octanol–water partition coefficient (Wildman–Crippen LogP) is 1.69. The van der Waals surface area contributed by atoms with E-state index in [1.165, 1.54) is 0 Å². The van der Waals surface area contributed by atoms with Gasteiger partial charge in [0.25, 0.3) is 0 Å². The van der Waals surface area contributed by atoms with Gasteiger partial charge in [-0.2, -0.15) is 4.57 Å². The second kappa shape index (κ2) is 2.68. The molecule has 1 aromatic heterocycles. The van der Waals surface area contributed by atoms with Crippen molar-refractivity contribution in [2.45, 2.75) is 27.2 Å². The fourth-order valence-electron chi connectivity index (χ4n) is 1.05. The summed E-state index contributed by atoms with van der Waals surface area (Å²) in [6.45, 7) is 6.61. The minimum Gasteiger partial charge on any atom is -0.409 e. The van der Waals surface area contributed by atoms with Crippen molar-refractivity contribution in [1.29, 1.82) is 0 Å². The molecule has 0 aliphatic rings. The highest BCUT2D eigenvalue weighted by molar-refractivity contribution is 4.88. The SMILES string of the molecule is C[n+]1coc(CC(C)(C)C)c1. The van der Waals surface area contributed by atoms with E-state index in [0.717, 1.165) is 12.2 Å². The van der Waals surface area contributed by atoms with Crippen molar-refractivity contribution in [3.8, 4) is 0 Å². The van der Waals surface area contributed by atoms with Gasteiger partial charge in [0.2, 0.25) is 6.20 Å². The smallest absolute Gasteiger partial charge is 0.334 e. The van der Waals surface area contributed by atoms with Crippen LogP contribution < -0.4 is 4.57 Å². The minimum atomic E-state index is 0.310. The van der Waals surface area contributed by atoms with Gasteiger partial charge in [0.05, 0.1) is 0 Å². The van der Waals surface area contributed by atoms with Crippen molar-refractivity contribution in [2.75, 3.05) is 0 Å². The maximum absolute atomic E-state index is 5.30. The fraction of sp³-hybridized carbons (Fsp3) is 0.667.